The van der Waals surface area contributed by atoms with Crippen LogP contribution in [0.25, 0.3) is 21.0 Å². The standard InChI is InChI=1S/C24H23N3O2S2/c1-3-27(18-12-6-9-15-8-4-5-10-16(15)18)20(28)14-30-24-25-22-21(23(29)26(24)2)17-11-7-13-19(17)31-22/h4-6,8-10,12H,3,7,11,13-14H2,1-2H3. The molecule has 0 N–H and O–H groups in total. The van der Waals surface area contributed by atoms with Crippen molar-refractivity contribution in [2.45, 2.75) is 31.3 Å². The van der Waals surface area contributed by atoms with E-state index in [1.165, 1.54) is 22.2 Å². The topological polar surface area (TPSA) is 55.2 Å². The van der Waals surface area contributed by atoms with Crippen LogP contribution in [0.15, 0.2) is 52.4 Å². The van der Waals surface area contributed by atoms with E-state index in [1.807, 2.05) is 42.2 Å². The number of thioether (sulfide) groups is 1. The summed E-state index contributed by atoms with van der Waals surface area (Å²) in [5, 5.41) is 3.55. The fraction of sp³-hybridized carbons (Fsp3) is 0.292. The van der Waals surface area contributed by atoms with Gasteiger partial charge >= 0.3 is 0 Å². The summed E-state index contributed by atoms with van der Waals surface area (Å²) in [5.74, 6) is 0.236. The van der Waals surface area contributed by atoms with Crippen molar-refractivity contribution in [3.05, 3.63) is 63.3 Å². The van der Waals surface area contributed by atoms with E-state index < -0.39 is 0 Å². The highest BCUT2D eigenvalue weighted by Gasteiger charge is 2.23. The first-order valence-corrected chi connectivity index (χ1v) is 12.3. The lowest BCUT2D eigenvalue weighted by molar-refractivity contribution is -0.116. The summed E-state index contributed by atoms with van der Waals surface area (Å²) in [7, 11) is 1.75. The van der Waals surface area contributed by atoms with E-state index in [0.29, 0.717) is 11.7 Å². The first kappa shape index (κ1) is 20.3. The Balaban J connectivity index is 1.42. The van der Waals surface area contributed by atoms with Gasteiger partial charge in [-0.2, -0.15) is 0 Å². The van der Waals surface area contributed by atoms with E-state index in [0.717, 1.165) is 45.9 Å². The molecule has 2 aromatic carbocycles. The second-order valence-corrected chi connectivity index (χ2v) is 9.75. The first-order chi connectivity index (χ1) is 15.1. The molecule has 0 unspecified atom stereocenters. The van der Waals surface area contributed by atoms with Crippen molar-refractivity contribution >= 4 is 55.7 Å². The molecule has 7 heteroatoms. The van der Waals surface area contributed by atoms with Crippen molar-refractivity contribution in [3.63, 3.8) is 0 Å². The van der Waals surface area contributed by atoms with Crippen LogP contribution in [0.2, 0.25) is 0 Å². The number of hydrogen-bond acceptors (Lipinski definition) is 5. The summed E-state index contributed by atoms with van der Waals surface area (Å²) in [6.45, 7) is 2.56. The molecule has 31 heavy (non-hydrogen) atoms. The Kier molecular flexibility index (Phi) is 5.32. The van der Waals surface area contributed by atoms with Crippen molar-refractivity contribution in [2.24, 2.45) is 7.05 Å². The number of aryl methyl sites for hydroxylation is 2. The number of anilines is 1. The number of fused-ring (bicyclic) bond motifs is 4. The van der Waals surface area contributed by atoms with Gasteiger partial charge in [0.05, 0.1) is 16.8 Å². The van der Waals surface area contributed by atoms with Gasteiger partial charge in [0, 0.05) is 23.9 Å². The molecule has 2 aromatic heterocycles. The highest BCUT2D eigenvalue weighted by atomic mass is 32.2. The second-order valence-electron chi connectivity index (χ2n) is 7.72. The third-order valence-corrected chi connectivity index (χ3v) is 8.11. The lowest BCUT2D eigenvalue weighted by atomic mass is 10.1. The van der Waals surface area contributed by atoms with E-state index in [-0.39, 0.29) is 17.2 Å². The minimum atomic E-state index is 0.000694. The van der Waals surface area contributed by atoms with Crippen LogP contribution < -0.4 is 10.5 Å². The molecule has 4 aromatic rings. The molecule has 0 radical (unpaired) electrons. The molecule has 0 saturated heterocycles. The number of aromatic nitrogens is 2. The third kappa shape index (κ3) is 3.46. The maximum absolute atomic E-state index is 13.2. The molecule has 5 nitrogen and oxygen atoms in total. The number of hydrogen-bond donors (Lipinski definition) is 0. The summed E-state index contributed by atoms with van der Waals surface area (Å²) in [4.78, 5) is 34.8. The van der Waals surface area contributed by atoms with Crippen LogP contribution in [0.1, 0.15) is 23.8 Å². The van der Waals surface area contributed by atoms with Gasteiger partial charge in [-0.25, -0.2) is 4.98 Å². The number of benzene rings is 2. The van der Waals surface area contributed by atoms with Crippen LogP contribution in [0, 0.1) is 0 Å². The van der Waals surface area contributed by atoms with E-state index in [4.69, 9.17) is 4.98 Å². The Bertz CT molecular complexity index is 1370. The average molecular weight is 450 g/mol. The van der Waals surface area contributed by atoms with Gasteiger partial charge < -0.3 is 4.90 Å². The molecule has 5 rings (SSSR count). The summed E-state index contributed by atoms with van der Waals surface area (Å²) >= 11 is 2.97. The highest BCUT2D eigenvalue weighted by molar-refractivity contribution is 7.99. The molecular weight excluding hydrogens is 426 g/mol. The molecular formula is C24H23N3O2S2. The normalized spacial score (nSPS) is 13.1. The smallest absolute Gasteiger partial charge is 0.262 e. The van der Waals surface area contributed by atoms with Gasteiger partial charge in [-0.05, 0) is 43.2 Å². The Hall–Kier alpha value is -2.64. The Labute approximate surface area is 188 Å². The number of carbonyl (C=O) groups is 1. The number of carbonyl (C=O) groups excluding carboxylic acids is 1. The van der Waals surface area contributed by atoms with Crippen molar-refractivity contribution < 1.29 is 4.79 Å². The van der Waals surface area contributed by atoms with Crippen LogP contribution in [0.5, 0.6) is 0 Å². The van der Waals surface area contributed by atoms with Gasteiger partial charge in [0.25, 0.3) is 5.56 Å². The van der Waals surface area contributed by atoms with E-state index in [2.05, 4.69) is 12.1 Å². The molecule has 0 atom stereocenters. The van der Waals surface area contributed by atoms with Crippen LogP contribution in [-0.2, 0) is 24.7 Å². The average Bonchev–Trinajstić information content (AvgIpc) is 3.37. The zero-order valence-electron chi connectivity index (χ0n) is 17.6. The summed E-state index contributed by atoms with van der Waals surface area (Å²) < 4.78 is 1.60. The molecule has 1 amide bonds. The number of rotatable bonds is 5. The summed E-state index contributed by atoms with van der Waals surface area (Å²) in [5.41, 5.74) is 2.10. The SMILES string of the molecule is CCN(C(=O)CSc1nc2sc3c(c2c(=O)n1C)CCC3)c1cccc2ccccc12. The van der Waals surface area contributed by atoms with Crippen LogP contribution >= 0.6 is 23.1 Å². The lowest BCUT2D eigenvalue weighted by Crippen LogP contribution is -2.32. The molecule has 2 heterocycles. The van der Waals surface area contributed by atoms with Gasteiger partial charge in [0.15, 0.2) is 5.16 Å². The largest absolute Gasteiger partial charge is 0.311 e. The summed E-state index contributed by atoms with van der Waals surface area (Å²) in [6.07, 6.45) is 3.12. The quantitative estimate of drug-likeness (QED) is 0.325. The third-order valence-electron chi connectivity index (χ3n) is 5.90. The van der Waals surface area contributed by atoms with E-state index >= 15 is 0 Å². The summed E-state index contributed by atoms with van der Waals surface area (Å²) in [6, 6.07) is 14.1. The Morgan fingerprint density at radius 1 is 1.19 bits per heavy atom. The van der Waals surface area contributed by atoms with E-state index in [9.17, 15) is 9.59 Å². The minimum Gasteiger partial charge on any atom is -0.311 e. The molecule has 1 aliphatic carbocycles. The number of thiophene rings is 1. The number of nitrogens with zero attached hydrogens (tertiary/aromatic N) is 3. The van der Waals surface area contributed by atoms with Gasteiger partial charge in [-0.1, -0.05) is 48.2 Å². The maximum Gasteiger partial charge on any atom is 0.262 e. The minimum absolute atomic E-state index is 0.000694. The first-order valence-electron chi connectivity index (χ1n) is 10.5. The predicted octanol–water partition coefficient (Wildman–Crippen LogP) is 4.78. The van der Waals surface area contributed by atoms with Gasteiger partial charge in [0.1, 0.15) is 4.83 Å². The fourth-order valence-electron chi connectivity index (χ4n) is 4.36. The van der Waals surface area contributed by atoms with Crippen LogP contribution in [0.4, 0.5) is 5.69 Å². The van der Waals surface area contributed by atoms with Gasteiger partial charge in [0.2, 0.25) is 5.91 Å². The molecule has 0 spiro atoms. The van der Waals surface area contributed by atoms with Crippen molar-refractivity contribution in [3.8, 4) is 0 Å². The Morgan fingerprint density at radius 3 is 2.84 bits per heavy atom. The molecule has 1 aliphatic rings. The van der Waals surface area contributed by atoms with Gasteiger partial charge in [-0.15, -0.1) is 11.3 Å². The molecule has 0 fully saturated rings. The zero-order valence-corrected chi connectivity index (χ0v) is 19.2. The molecule has 158 valence electrons. The maximum atomic E-state index is 13.2. The molecule has 0 bridgehead atoms. The van der Waals surface area contributed by atoms with Crippen molar-refractivity contribution in [2.75, 3.05) is 17.2 Å². The zero-order chi connectivity index (χ0) is 21.5. The monoisotopic (exact) mass is 449 g/mol. The van der Waals surface area contributed by atoms with Gasteiger partial charge in [-0.3, -0.25) is 14.2 Å². The lowest BCUT2D eigenvalue weighted by Gasteiger charge is -2.22. The Morgan fingerprint density at radius 2 is 2.00 bits per heavy atom. The van der Waals surface area contributed by atoms with Crippen molar-refractivity contribution in [1.82, 2.24) is 9.55 Å². The second kappa shape index (κ2) is 8.13. The molecule has 0 aliphatic heterocycles. The van der Waals surface area contributed by atoms with Crippen molar-refractivity contribution in [1.29, 1.82) is 0 Å². The number of amides is 1. The van der Waals surface area contributed by atoms with Crippen LogP contribution in [0.3, 0.4) is 0 Å². The van der Waals surface area contributed by atoms with E-state index in [1.54, 1.807) is 23.0 Å². The highest BCUT2D eigenvalue weighted by Crippen LogP contribution is 2.35. The van der Waals surface area contributed by atoms with Crippen LogP contribution in [-0.4, -0.2) is 27.8 Å². The fourth-order valence-corrected chi connectivity index (χ4v) is 6.51. The predicted molar refractivity (Wildman–Crippen MR) is 130 cm³/mol. The molecule has 0 saturated carbocycles.